The van der Waals surface area contributed by atoms with Gasteiger partial charge in [-0.25, -0.2) is 4.79 Å². The highest BCUT2D eigenvalue weighted by Gasteiger charge is 2.19. The molecule has 1 aromatic rings. The Morgan fingerprint density at radius 3 is 2.59 bits per heavy atom. The van der Waals surface area contributed by atoms with Gasteiger partial charge in [0.05, 0.1) is 19.6 Å². The molecule has 5 heteroatoms. The lowest BCUT2D eigenvalue weighted by Gasteiger charge is -2.18. The molecule has 0 aromatic heterocycles. The molecule has 17 heavy (non-hydrogen) atoms. The first-order valence-corrected chi connectivity index (χ1v) is 5.23. The summed E-state index contributed by atoms with van der Waals surface area (Å²) in [6, 6.07) is 6.36. The molecule has 0 aliphatic rings. The van der Waals surface area contributed by atoms with Gasteiger partial charge in [0.1, 0.15) is 0 Å². The summed E-state index contributed by atoms with van der Waals surface area (Å²) in [4.78, 5) is 22.2. The van der Waals surface area contributed by atoms with E-state index in [2.05, 4.69) is 10.1 Å². The van der Waals surface area contributed by atoms with Crippen LogP contribution in [0.15, 0.2) is 24.3 Å². The first kappa shape index (κ1) is 13.0. The minimum absolute atomic E-state index is 0.0598. The van der Waals surface area contributed by atoms with Gasteiger partial charge < -0.3 is 15.8 Å². The number of nitrogens with two attached hydrogens (primary N) is 1. The number of esters is 1. The van der Waals surface area contributed by atoms with E-state index >= 15 is 0 Å². The van der Waals surface area contributed by atoms with Gasteiger partial charge in [0.15, 0.2) is 0 Å². The van der Waals surface area contributed by atoms with Crippen LogP contribution in [-0.4, -0.2) is 19.1 Å². The summed E-state index contributed by atoms with van der Waals surface area (Å²) in [6.45, 7) is 1.91. The van der Waals surface area contributed by atoms with Gasteiger partial charge in [0, 0.05) is 0 Å². The van der Waals surface area contributed by atoms with Gasteiger partial charge in [0.25, 0.3) is 0 Å². The summed E-state index contributed by atoms with van der Waals surface area (Å²) in [5.41, 5.74) is 6.94. The number of primary amides is 1. The molecule has 0 aliphatic carbocycles. The normalized spacial score (nSPS) is 11.6. The van der Waals surface area contributed by atoms with Crippen LogP contribution in [0, 0.1) is 6.92 Å². The van der Waals surface area contributed by atoms with Crippen molar-refractivity contribution in [2.75, 3.05) is 7.11 Å². The third-order valence-electron chi connectivity index (χ3n) is 2.48. The molecule has 0 bridgehead atoms. The molecule has 2 amide bonds. The van der Waals surface area contributed by atoms with Gasteiger partial charge in [-0.1, -0.05) is 24.3 Å². The molecule has 0 fully saturated rings. The maximum absolute atomic E-state index is 11.3. The lowest BCUT2D eigenvalue weighted by atomic mass is 9.99. The SMILES string of the molecule is COC(=O)C[C@H](NC(N)=O)c1ccccc1C. The molecule has 1 atom stereocenters. The van der Waals surface area contributed by atoms with Crippen molar-refractivity contribution in [2.24, 2.45) is 5.73 Å². The standard InChI is InChI=1S/C12H16N2O3/c1-8-5-3-4-6-9(8)10(14-12(13)16)7-11(15)17-2/h3-6,10H,7H2,1-2H3,(H3,13,14,16)/t10-/m0/s1. The Bertz CT molecular complexity index is 418. The minimum Gasteiger partial charge on any atom is -0.469 e. The number of hydrogen-bond acceptors (Lipinski definition) is 3. The Hall–Kier alpha value is -2.04. The average molecular weight is 236 g/mol. The van der Waals surface area contributed by atoms with E-state index in [1.165, 1.54) is 7.11 Å². The summed E-state index contributed by atoms with van der Waals surface area (Å²) >= 11 is 0. The van der Waals surface area contributed by atoms with Crippen molar-refractivity contribution in [3.63, 3.8) is 0 Å². The number of carbonyl (C=O) groups excluding carboxylic acids is 2. The maximum atomic E-state index is 11.3. The van der Waals surface area contributed by atoms with E-state index in [4.69, 9.17) is 5.73 Å². The maximum Gasteiger partial charge on any atom is 0.312 e. The first-order valence-electron chi connectivity index (χ1n) is 5.23. The number of ether oxygens (including phenoxy) is 1. The highest BCUT2D eigenvalue weighted by molar-refractivity contribution is 5.75. The van der Waals surface area contributed by atoms with E-state index in [-0.39, 0.29) is 6.42 Å². The van der Waals surface area contributed by atoms with Crippen molar-refractivity contribution in [3.8, 4) is 0 Å². The number of carbonyl (C=O) groups is 2. The third kappa shape index (κ3) is 3.79. The molecule has 0 radical (unpaired) electrons. The minimum atomic E-state index is -0.665. The van der Waals surface area contributed by atoms with Crippen LogP contribution in [-0.2, 0) is 9.53 Å². The third-order valence-corrected chi connectivity index (χ3v) is 2.48. The van der Waals surface area contributed by atoms with Crippen LogP contribution < -0.4 is 11.1 Å². The summed E-state index contributed by atoms with van der Waals surface area (Å²) in [5.74, 6) is -0.396. The van der Waals surface area contributed by atoms with Crippen molar-refractivity contribution < 1.29 is 14.3 Å². The number of methoxy groups -OCH3 is 1. The van der Waals surface area contributed by atoms with E-state index < -0.39 is 18.0 Å². The van der Waals surface area contributed by atoms with E-state index in [9.17, 15) is 9.59 Å². The highest BCUT2D eigenvalue weighted by atomic mass is 16.5. The molecule has 0 unspecified atom stereocenters. The quantitative estimate of drug-likeness (QED) is 0.772. The molecule has 0 saturated heterocycles. The van der Waals surface area contributed by atoms with Crippen LogP contribution >= 0.6 is 0 Å². The summed E-state index contributed by atoms with van der Waals surface area (Å²) in [7, 11) is 1.31. The van der Waals surface area contributed by atoms with Gasteiger partial charge in [-0.05, 0) is 18.1 Å². The predicted molar refractivity (Wildman–Crippen MR) is 63.3 cm³/mol. The number of urea groups is 1. The Morgan fingerprint density at radius 2 is 2.06 bits per heavy atom. The van der Waals surface area contributed by atoms with E-state index in [1.54, 1.807) is 0 Å². The number of benzene rings is 1. The number of aryl methyl sites for hydroxylation is 1. The van der Waals surface area contributed by atoms with Crippen LogP contribution in [0.2, 0.25) is 0 Å². The monoisotopic (exact) mass is 236 g/mol. The molecule has 1 rings (SSSR count). The predicted octanol–water partition coefficient (Wildman–Crippen LogP) is 1.27. The van der Waals surface area contributed by atoms with E-state index in [0.29, 0.717) is 0 Å². The Balaban J connectivity index is 2.93. The topological polar surface area (TPSA) is 81.4 Å². The van der Waals surface area contributed by atoms with Crippen molar-refractivity contribution >= 4 is 12.0 Å². The molecular weight excluding hydrogens is 220 g/mol. The number of nitrogens with one attached hydrogen (secondary N) is 1. The Morgan fingerprint density at radius 1 is 1.41 bits per heavy atom. The van der Waals surface area contributed by atoms with Gasteiger partial charge >= 0.3 is 12.0 Å². The van der Waals surface area contributed by atoms with Crippen molar-refractivity contribution in [3.05, 3.63) is 35.4 Å². The molecule has 1 aromatic carbocycles. The number of hydrogen-bond donors (Lipinski definition) is 2. The van der Waals surface area contributed by atoms with Crippen LogP contribution in [0.25, 0.3) is 0 Å². The number of rotatable bonds is 4. The van der Waals surface area contributed by atoms with Crippen molar-refractivity contribution in [2.45, 2.75) is 19.4 Å². The second-order valence-electron chi connectivity index (χ2n) is 3.70. The fourth-order valence-corrected chi connectivity index (χ4v) is 1.64. The Kier molecular flexibility index (Phi) is 4.51. The second-order valence-corrected chi connectivity index (χ2v) is 3.70. The highest BCUT2D eigenvalue weighted by Crippen LogP contribution is 2.20. The first-order chi connectivity index (χ1) is 8.04. The van der Waals surface area contributed by atoms with Gasteiger partial charge in [-0.15, -0.1) is 0 Å². The largest absolute Gasteiger partial charge is 0.469 e. The van der Waals surface area contributed by atoms with E-state index in [1.807, 2.05) is 31.2 Å². The average Bonchev–Trinajstić information content (AvgIpc) is 2.28. The van der Waals surface area contributed by atoms with Crippen LogP contribution in [0.1, 0.15) is 23.6 Å². The van der Waals surface area contributed by atoms with Crippen LogP contribution in [0.4, 0.5) is 4.79 Å². The molecule has 3 N–H and O–H groups in total. The lowest BCUT2D eigenvalue weighted by molar-refractivity contribution is -0.141. The zero-order chi connectivity index (χ0) is 12.8. The lowest BCUT2D eigenvalue weighted by Crippen LogP contribution is -2.34. The zero-order valence-corrected chi connectivity index (χ0v) is 9.90. The number of amides is 2. The molecule has 0 heterocycles. The molecular formula is C12H16N2O3. The van der Waals surface area contributed by atoms with Gasteiger partial charge in [0.2, 0.25) is 0 Å². The van der Waals surface area contributed by atoms with Gasteiger partial charge in [-0.3, -0.25) is 4.79 Å². The zero-order valence-electron chi connectivity index (χ0n) is 9.90. The second kappa shape index (κ2) is 5.89. The van der Waals surface area contributed by atoms with Crippen molar-refractivity contribution in [1.82, 2.24) is 5.32 Å². The summed E-state index contributed by atoms with van der Waals surface area (Å²) < 4.78 is 4.59. The smallest absolute Gasteiger partial charge is 0.312 e. The van der Waals surface area contributed by atoms with Crippen LogP contribution in [0.5, 0.6) is 0 Å². The summed E-state index contributed by atoms with van der Waals surface area (Å²) in [5, 5.41) is 2.54. The van der Waals surface area contributed by atoms with Crippen molar-refractivity contribution in [1.29, 1.82) is 0 Å². The summed E-state index contributed by atoms with van der Waals surface area (Å²) in [6.07, 6.45) is 0.0598. The molecule has 0 saturated carbocycles. The van der Waals surface area contributed by atoms with E-state index in [0.717, 1.165) is 11.1 Å². The van der Waals surface area contributed by atoms with Gasteiger partial charge in [-0.2, -0.15) is 0 Å². The molecule has 5 nitrogen and oxygen atoms in total. The molecule has 92 valence electrons. The molecule has 0 aliphatic heterocycles. The molecule has 0 spiro atoms. The fraction of sp³-hybridized carbons (Fsp3) is 0.333. The fourth-order valence-electron chi connectivity index (χ4n) is 1.64. The Labute approximate surface area is 99.9 Å². The van der Waals surface area contributed by atoms with Crippen LogP contribution in [0.3, 0.4) is 0 Å².